The maximum absolute atomic E-state index is 12.3. The number of aliphatic hydroxyl groups excluding tert-OH is 1. The van der Waals surface area contributed by atoms with E-state index in [4.69, 9.17) is 0 Å². The number of aromatic nitrogens is 1. The van der Waals surface area contributed by atoms with Crippen LogP contribution in [0.25, 0.3) is 10.9 Å². The summed E-state index contributed by atoms with van der Waals surface area (Å²) < 4.78 is 0. The number of aryl methyl sites for hydroxylation is 1. The van der Waals surface area contributed by atoms with Gasteiger partial charge in [-0.05, 0) is 28.7 Å². The zero-order valence-corrected chi connectivity index (χ0v) is 13.8. The van der Waals surface area contributed by atoms with Gasteiger partial charge in [-0.1, -0.05) is 49.4 Å². The summed E-state index contributed by atoms with van der Waals surface area (Å²) in [7, 11) is 0. The molecule has 0 aliphatic carbocycles. The molecule has 4 nitrogen and oxygen atoms in total. The van der Waals surface area contributed by atoms with Gasteiger partial charge in [-0.15, -0.1) is 0 Å². The number of hydrogen-bond acceptors (Lipinski definition) is 2. The molecule has 0 aliphatic heterocycles. The number of H-pyrrole nitrogens is 1. The number of fused-ring (bicyclic) bond motifs is 1. The van der Waals surface area contributed by atoms with Gasteiger partial charge in [-0.2, -0.15) is 0 Å². The van der Waals surface area contributed by atoms with E-state index in [-0.39, 0.29) is 12.5 Å². The first kappa shape index (κ1) is 16.3. The second-order valence-corrected chi connectivity index (χ2v) is 5.89. The van der Waals surface area contributed by atoms with Crippen molar-refractivity contribution in [1.82, 2.24) is 10.3 Å². The van der Waals surface area contributed by atoms with E-state index in [2.05, 4.69) is 29.4 Å². The summed E-state index contributed by atoms with van der Waals surface area (Å²) in [6.07, 6.45) is 3.22. The summed E-state index contributed by atoms with van der Waals surface area (Å²) in [5.74, 6) is -0.0226. The van der Waals surface area contributed by atoms with E-state index in [1.165, 1.54) is 5.56 Å². The van der Waals surface area contributed by atoms with E-state index in [0.29, 0.717) is 13.0 Å². The van der Waals surface area contributed by atoms with Gasteiger partial charge in [0.1, 0.15) is 0 Å². The quantitative estimate of drug-likeness (QED) is 0.653. The molecule has 0 bridgehead atoms. The molecule has 24 heavy (non-hydrogen) atoms. The van der Waals surface area contributed by atoms with Crippen molar-refractivity contribution in [2.75, 3.05) is 0 Å². The summed E-state index contributed by atoms with van der Waals surface area (Å²) in [5, 5.41) is 13.4. The molecule has 0 saturated carbocycles. The highest BCUT2D eigenvalue weighted by molar-refractivity contribution is 5.90. The second kappa shape index (κ2) is 7.32. The normalized spacial score (nSPS) is 10.9. The average Bonchev–Trinajstić information content (AvgIpc) is 3.03. The van der Waals surface area contributed by atoms with Crippen LogP contribution in [-0.2, 0) is 30.8 Å². The Balaban J connectivity index is 1.69. The molecule has 2 aromatic carbocycles. The Labute approximate surface area is 141 Å². The predicted octanol–water partition coefficient (Wildman–Crippen LogP) is 3.08. The van der Waals surface area contributed by atoms with Gasteiger partial charge < -0.3 is 15.4 Å². The summed E-state index contributed by atoms with van der Waals surface area (Å²) in [6, 6.07) is 13.8. The molecule has 3 aromatic rings. The Morgan fingerprint density at radius 2 is 1.79 bits per heavy atom. The SMILES string of the molecule is CCc1cccc2c(CC(=O)NCc3ccccc3CO)c[nH]c12. The van der Waals surface area contributed by atoms with E-state index in [1.807, 2.05) is 36.5 Å². The molecular formula is C20H22N2O2. The number of carbonyl (C=O) groups excluding carboxylic acids is 1. The van der Waals surface area contributed by atoms with Crippen molar-refractivity contribution in [3.05, 3.63) is 70.9 Å². The minimum absolute atomic E-state index is 0.0196. The van der Waals surface area contributed by atoms with Crippen LogP contribution in [0.1, 0.15) is 29.2 Å². The number of aromatic amines is 1. The third-order valence-corrected chi connectivity index (χ3v) is 4.38. The lowest BCUT2D eigenvalue weighted by molar-refractivity contribution is -0.120. The van der Waals surface area contributed by atoms with Gasteiger partial charge in [0, 0.05) is 23.6 Å². The Kier molecular flexibility index (Phi) is 4.96. The highest BCUT2D eigenvalue weighted by atomic mass is 16.3. The zero-order chi connectivity index (χ0) is 16.9. The van der Waals surface area contributed by atoms with E-state index >= 15 is 0 Å². The number of hydrogen-bond donors (Lipinski definition) is 3. The van der Waals surface area contributed by atoms with Gasteiger partial charge in [0.05, 0.1) is 13.0 Å². The van der Waals surface area contributed by atoms with E-state index in [0.717, 1.165) is 34.0 Å². The fourth-order valence-corrected chi connectivity index (χ4v) is 3.03. The first-order valence-electron chi connectivity index (χ1n) is 8.25. The second-order valence-electron chi connectivity index (χ2n) is 5.89. The maximum atomic E-state index is 12.3. The number of para-hydroxylation sites is 1. The lowest BCUT2D eigenvalue weighted by Gasteiger charge is -2.09. The first-order valence-corrected chi connectivity index (χ1v) is 8.25. The van der Waals surface area contributed by atoms with Crippen LogP contribution in [0.15, 0.2) is 48.7 Å². The molecule has 0 saturated heterocycles. The number of amides is 1. The van der Waals surface area contributed by atoms with Crippen LogP contribution in [0.3, 0.4) is 0 Å². The molecule has 0 fully saturated rings. The molecule has 0 aliphatic rings. The molecule has 3 rings (SSSR count). The number of nitrogens with one attached hydrogen (secondary N) is 2. The summed E-state index contributed by atoms with van der Waals surface area (Å²) in [6.45, 7) is 2.53. The van der Waals surface area contributed by atoms with E-state index in [1.54, 1.807) is 0 Å². The van der Waals surface area contributed by atoms with Crippen molar-refractivity contribution < 1.29 is 9.90 Å². The smallest absolute Gasteiger partial charge is 0.224 e. The first-order chi connectivity index (χ1) is 11.7. The van der Waals surface area contributed by atoms with Crippen molar-refractivity contribution in [3.63, 3.8) is 0 Å². The van der Waals surface area contributed by atoms with Crippen molar-refractivity contribution in [1.29, 1.82) is 0 Å². The predicted molar refractivity (Wildman–Crippen MR) is 95.6 cm³/mol. The van der Waals surface area contributed by atoms with Crippen molar-refractivity contribution in [2.24, 2.45) is 0 Å². The Hall–Kier alpha value is -2.59. The number of rotatable bonds is 6. The third-order valence-electron chi connectivity index (χ3n) is 4.38. The van der Waals surface area contributed by atoms with Crippen molar-refractivity contribution >= 4 is 16.8 Å². The monoisotopic (exact) mass is 322 g/mol. The highest BCUT2D eigenvalue weighted by Gasteiger charge is 2.11. The van der Waals surface area contributed by atoms with Gasteiger partial charge in [-0.3, -0.25) is 4.79 Å². The summed E-state index contributed by atoms with van der Waals surface area (Å²) in [5.41, 5.74) is 5.18. The molecule has 1 heterocycles. The fourth-order valence-electron chi connectivity index (χ4n) is 3.03. The van der Waals surface area contributed by atoms with Crippen LogP contribution in [0.5, 0.6) is 0 Å². The maximum Gasteiger partial charge on any atom is 0.224 e. The van der Waals surface area contributed by atoms with Crippen LogP contribution in [0, 0.1) is 0 Å². The lowest BCUT2D eigenvalue weighted by atomic mass is 10.1. The number of benzene rings is 2. The zero-order valence-electron chi connectivity index (χ0n) is 13.8. The third kappa shape index (κ3) is 3.34. The van der Waals surface area contributed by atoms with Crippen LogP contribution < -0.4 is 5.32 Å². The number of carbonyl (C=O) groups is 1. The van der Waals surface area contributed by atoms with E-state index in [9.17, 15) is 9.90 Å². The molecule has 3 N–H and O–H groups in total. The molecule has 0 atom stereocenters. The van der Waals surface area contributed by atoms with Crippen molar-refractivity contribution in [3.8, 4) is 0 Å². The Morgan fingerprint density at radius 3 is 2.54 bits per heavy atom. The highest BCUT2D eigenvalue weighted by Crippen LogP contribution is 2.22. The molecule has 0 spiro atoms. The van der Waals surface area contributed by atoms with Gasteiger partial charge in [0.25, 0.3) is 0 Å². The van der Waals surface area contributed by atoms with Gasteiger partial charge in [0.2, 0.25) is 5.91 Å². The molecule has 4 heteroatoms. The average molecular weight is 322 g/mol. The number of aliphatic hydroxyl groups is 1. The molecule has 0 radical (unpaired) electrons. The molecular weight excluding hydrogens is 300 g/mol. The molecule has 1 amide bonds. The molecule has 1 aromatic heterocycles. The fraction of sp³-hybridized carbons (Fsp3) is 0.250. The topological polar surface area (TPSA) is 65.1 Å². The van der Waals surface area contributed by atoms with Gasteiger partial charge in [0.15, 0.2) is 0 Å². The van der Waals surface area contributed by atoms with Crippen LogP contribution in [0.4, 0.5) is 0 Å². The lowest BCUT2D eigenvalue weighted by Crippen LogP contribution is -2.25. The van der Waals surface area contributed by atoms with Crippen LogP contribution in [0.2, 0.25) is 0 Å². The minimum Gasteiger partial charge on any atom is -0.392 e. The van der Waals surface area contributed by atoms with E-state index < -0.39 is 0 Å². The van der Waals surface area contributed by atoms with Gasteiger partial charge in [-0.25, -0.2) is 0 Å². The molecule has 124 valence electrons. The van der Waals surface area contributed by atoms with Crippen LogP contribution >= 0.6 is 0 Å². The van der Waals surface area contributed by atoms with Crippen LogP contribution in [-0.4, -0.2) is 16.0 Å². The Bertz CT molecular complexity index is 852. The standard InChI is InChI=1S/C20H22N2O2/c1-2-14-8-5-9-18-17(12-22-20(14)18)10-19(24)21-11-15-6-3-4-7-16(15)13-23/h3-9,12,22-23H,2,10-11,13H2,1H3,(H,21,24). The summed E-state index contributed by atoms with van der Waals surface area (Å²) in [4.78, 5) is 15.6. The largest absolute Gasteiger partial charge is 0.392 e. The Morgan fingerprint density at radius 1 is 1.04 bits per heavy atom. The van der Waals surface area contributed by atoms with Crippen molar-refractivity contribution in [2.45, 2.75) is 32.9 Å². The van der Waals surface area contributed by atoms with Gasteiger partial charge >= 0.3 is 0 Å². The minimum atomic E-state index is -0.0226. The molecule has 0 unspecified atom stereocenters. The summed E-state index contributed by atoms with van der Waals surface area (Å²) >= 11 is 0.